The van der Waals surface area contributed by atoms with Crippen LogP contribution in [0.1, 0.15) is 50.2 Å². The van der Waals surface area contributed by atoms with E-state index in [1.165, 1.54) is 13.0 Å². The molecule has 1 aliphatic heterocycles. The number of carbonyl (C=O) groups is 1. The fraction of sp³-hybridized carbons (Fsp3) is 0.444. The van der Waals surface area contributed by atoms with Gasteiger partial charge in [-0.1, -0.05) is 24.3 Å². The van der Waals surface area contributed by atoms with Crippen LogP contribution in [0.15, 0.2) is 36.2 Å². The van der Waals surface area contributed by atoms with Gasteiger partial charge in [0.15, 0.2) is 5.78 Å². The number of nitrogens with zero attached hydrogens (tertiary/aromatic N) is 2. The van der Waals surface area contributed by atoms with Crippen LogP contribution in [0.3, 0.4) is 0 Å². The SMILES string of the molecule is CC(=O)c1c(C)nn2c1N[C@@H](/C=C/C=C\C=C(/C)F)CC2(C)C. The molecule has 1 aliphatic rings. The van der Waals surface area contributed by atoms with E-state index in [1.54, 1.807) is 19.1 Å². The van der Waals surface area contributed by atoms with E-state index in [1.807, 2.05) is 23.8 Å². The molecule has 1 N–H and O–H groups in total. The fourth-order valence-corrected chi connectivity index (χ4v) is 2.94. The first kappa shape index (κ1) is 17.2. The quantitative estimate of drug-likeness (QED) is 0.665. The first-order chi connectivity index (χ1) is 10.7. The predicted octanol–water partition coefficient (Wildman–Crippen LogP) is 4.30. The van der Waals surface area contributed by atoms with Gasteiger partial charge in [-0.2, -0.15) is 5.10 Å². The smallest absolute Gasteiger partial charge is 0.165 e. The number of rotatable bonds is 4. The molecule has 0 saturated heterocycles. The highest BCUT2D eigenvalue weighted by atomic mass is 19.1. The van der Waals surface area contributed by atoms with Crippen LogP contribution >= 0.6 is 0 Å². The van der Waals surface area contributed by atoms with Crippen molar-refractivity contribution in [2.24, 2.45) is 0 Å². The summed E-state index contributed by atoms with van der Waals surface area (Å²) >= 11 is 0. The van der Waals surface area contributed by atoms with Crippen molar-refractivity contribution < 1.29 is 9.18 Å². The van der Waals surface area contributed by atoms with E-state index in [9.17, 15) is 9.18 Å². The van der Waals surface area contributed by atoms with Gasteiger partial charge in [-0.05, 0) is 47.1 Å². The highest BCUT2D eigenvalue weighted by molar-refractivity contribution is 6.00. The van der Waals surface area contributed by atoms with Gasteiger partial charge < -0.3 is 5.32 Å². The minimum absolute atomic E-state index is 0.0140. The molecule has 0 amide bonds. The molecule has 1 aromatic rings. The molecule has 2 heterocycles. The summed E-state index contributed by atoms with van der Waals surface area (Å²) in [4.78, 5) is 11.9. The van der Waals surface area contributed by atoms with E-state index in [-0.39, 0.29) is 23.2 Å². The molecule has 0 aliphatic carbocycles. The van der Waals surface area contributed by atoms with Crippen LogP contribution in [-0.2, 0) is 5.54 Å². The van der Waals surface area contributed by atoms with Gasteiger partial charge in [0, 0.05) is 6.04 Å². The lowest BCUT2D eigenvalue weighted by Crippen LogP contribution is -2.41. The zero-order valence-corrected chi connectivity index (χ0v) is 14.4. The van der Waals surface area contributed by atoms with E-state index in [0.717, 1.165) is 17.9 Å². The molecule has 5 heteroatoms. The Morgan fingerprint density at radius 3 is 2.65 bits per heavy atom. The number of nitrogens with one attached hydrogen (secondary N) is 1. The average Bonchev–Trinajstić information content (AvgIpc) is 2.75. The standard InChI is InChI=1S/C18H24FN3O/c1-12(19)9-7-6-8-10-15-11-18(4,5)22-17(20-15)16(14(3)23)13(2)21-22/h6-10,15,20H,11H2,1-5H3/b7-6-,10-8+,12-9+/t15-/m0/s1. The molecular weight excluding hydrogens is 293 g/mol. The third-order valence-corrected chi connectivity index (χ3v) is 3.92. The molecule has 0 fully saturated rings. The third kappa shape index (κ3) is 3.78. The van der Waals surface area contributed by atoms with Crippen LogP contribution in [0.4, 0.5) is 10.2 Å². The van der Waals surface area contributed by atoms with Crippen LogP contribution in [0.25, 0.3) is 0 Å². The van der Waals surface area contributed by atoms with Gasteiger partial charge in [0.2, 0.25) is 0 Å². The van der Waals surface area contributed by atoms with E-state index < -0.39 is 0 Å². The second-order valence-electron chi connectivity index (χ2n) is 6.57. The first-order valence-corrected chi connectivity index (χ1v) is 7.77. The van der Waals surface area contributed by atoms with Gasteiger partial charge in [0.05, 0.1) is 22.6 Å². The molecule has 4 nitrogen and oxygen atoms in total. The van der Waals surface area contributed by atoms with Crippen molar-refractivity contribution in [3.05, 3.63) is 47.5 Å². The minimum atomic E-state index is -0.225. The number of fused-ring (bicyclic) bond motifs is 1. The van der Waals surface area contributed by atoms with Crippen molar-refractivity contribution in [1.29, 1.82) is 0 Å². The molecule has 124 valence electrons. The molecule has 1 aromatic heterocycles. The molecule has 0 bridgehead atoms. The van der Waals surface area contributed by atoms with E-state index >= 15 is 0 Å². The summed E-state index contributed by atoms with van der Waals surface area (Å²) in [5, 5.41) is 7.93. The Balaban J connectivity index is 2.26. The zero-order valence-electron chi connectivity index (χ0n) is 14.4. The summed E-state index contributed by atoms with van der Waals surface area (Å²) in [5.41, 5.74) is 1.22. The van der Waals surface area contributed by atoms with Crippen molar-refractivity contribution >= 4 is 11.6 Å². The van der Waals surface area contributed by atoms with Crippen molar-refractivity contribution in [2.45, 2.75) is 52.6 Å². The Hall–Kier alpha value is -2.17. The Morgan fingerprint density at radius 2 is 2.04 bits per heavy atom. The van der Waals surface area contributed by atoms with Gasteiger partial charge >= 0.3 is 0 Å². The number of halogens is 1. The summed E-state index contributed by atoms with van der Waals surface area (Å²) < 4.78 is 14.5. The van der Waals surface area contributed by atoms with Gasteiger partial charge in [0.25, 0.3) is 0 Å². The largest absolute Gasteiger partial charge is 0.363 e. The number of ketones is 1. The van der Waals surface area contributed by atoms with Crippen LogP contribution < -0.4 is 5.32 Å². The van der Waals surface area contributed by atoms with Crippen molar-refractivity contribution in [3.8, 4) is 0 Å². The molecular formula is C18H24FN3O. The summed E-state index contributed by atoms with van der Waals surface area (Å²) in [6.07, 6.45) is 9.63. The number of carbonyl (C=O) groups excluding carboxylic acids is 1. The highest BCUT2D eigenvalue weighted by Crippen LogP contribution is 2.35. The lowest BCUT2D eigenvalue weighted by Gasteiger charge is -2.37. The van der Waals surface area contributed by atoms with Crippen LogP contribution in [-0.4, -0.2) is 21.6 Å². The van der Waals surface area contributed by atoms with E-state index in [4.69, 9.17) is 0 Å². The summed E-state index contributed by atoms with van der Waals surface area (Å²) in [5.74, 6) is 0.571. The fourth-order valence-electron chi connectivity index (χ4n) is 2.94. The molecule has 0 radical (unpaired) electrons. The van der Waals surface area contributed by atoms with Crippen molar-refractivity contribution in [3.63, 3.8) is 0 Å². The number of Topliss-reactive ketones (excluding diaryl/α,β-unsaturated/α-hetero) is 1. The number of hydrogen-bond acceptors (Lipinski definition) is 3. The van der Waals surface area contributed by atoms with Gasteiger partial charge in [-0.25, -0.2) is 9.07 Å². The normalized spacial score (nSPS) is 20.8. The molecule has 0 spiro atoms. The molecule has 23 heavy (non-hydrogen) atoms. The van der Waals surface area contributed by atoms with E-state index in [2.05, 4.69) is 24.3 Å². The van der Waals surface area contributed by atoms with Gasteiger partial charge in [-0.3, -0.25) is 4.79 Å². The second-order valence-corrected chi connectivity index (χ2v) is 6.57. The molecule has 2 rings (SSSR count). The lowest BCUT2D eigenvalue weighted by molar-refractivity contribution is 0.101. The first-order valence-electron chi connectivity index (χ1n) is 7.77. The molecule has 1 atom stereocenters. The molecule has 0 aromatic carbocycles. The minimum Gasteiger partial charge on any atom is -0.363 e. The Kier molecular flexibility index (Phi) is 4.88. The van der Waals surface area contributed by atoms with Crippen LogP contribution in [0.5, 0.6) is 0 Å². The Morgan fingerprint density at radius 1 is 1.35 bits per heavy atom. The average molecular weight is 317 g/mol. The number of allylic oxidation sites excluding steroid dienone is 5. The molecule has 0 unspecified atom stereocenters. The zero-order chi connectivity index (χ0) is 17.2. The van der Waals surface area contributed by atoms with Crippen LogP contribution in [0.2, 0.25) is 0 Å². The van der Waals surface area contributed by atoms with Gasteiger partial charge in [0.1, 0.15) is 5.82 Å². The number of aromatic nitrogens is 2. The lowest BCUT2D eigenvalue weighted by atomic mass is 9.92. The Labute approximate surface area is 136 Å². The van der Waals surface area contributed by atoms with Crippen molar-refractivity contribution in [2.75, 3.05) is 5.32 Å². The maximum Gasteiger partial charge on any atom is 0.165 e. The molecule has 0 saturated carbocycles. The highest BCUT2D eigenvalue weighted by Gasteiger charge is 2.35. The van der Waals surface area contributed by atoms with Crippen molar-refractivity contribution in [1.82, 2.24) is 9.78 Å². The summed E-state index contributed by atoms with van der Waals surface area (Å²) in [6, 6.07) is 0.0896. The van der Waals surface area contributed by atoms with E-state index in [0.29, 0.717) is 5.56 Å². The van der Waals surface area contributed by atoms with Gasteiger partial charge in [-0.15, -0.1) is 0 Å². The summed E-state index contributed by atoms with van der Waals surface area (Å²) in [7, 11) is 0. The summed E-state index contributed by atoms with van der Waals surface area (Å²) in [6.45, 7) is 9.05. The number of aryl methyl sites for hydroxylation is 1. The predicted molar refractivity (Wildman–Crippen MR) is 91.5 cm³/mol. The topological polar surface area (TPSA) is 46.9 Å². The Bertz CT molecular complexity index is 691. The van der Waals surface area contributed by atoms with Crippen LogP contribution in [0, 0.1) is 6.92 Å². The third-order valence-electron chi connectivity index (χ3n) is 3.92. The maximum absolute atomic E-state index is 12.6. The monoisotopic (exact) mass is 317 g/mol. The maximum atomic E-state index is 12.6. The second kappa shape index (κ2) is 6.52. The number of anilines is 1. The number of hydrogen-bond donors (Lipinski definition) is 1.